The van der Waals surface area contributed by atoms with E-state index in [1.165, 1.54) is 6.07 Å². The number of phenolic OH excluding ortho intramolecular Hbond substituents is 2. The molecule has 1 aromatic rings. The molecule has 1 aromatic carbocycles. The Bertz CT molecular complexity index is 328. The van der Waals surface area contributed by atoms with Crippen molar-refractivity contribution in [1.29, 1.82) is 0 Å². The van der Waals surface area contributed by atoms with Crippen molar-refractivity contribution in [3.8, 4) is 11.5 Å². The molecule has 4 N–H and O–H groups in total. The summed E-state index contributed by atoms with van der Waals surface area (Å²) in [4.78, 5) is 0. The molecule has 0 aliphatic heterocycles. The molecule has 3 nitrogen and oxygen atoms in total. The van der Waals surface area contributed by atoms with Crippen molar-refractivity contribution in [2.75, 3.05) is 6.54 Å². The summed E-state index contributed by atoms with van der Waals surface area (Å²) in [7, 11) is 0. The van der Waals surface area contributed by atoms with Crippen molar-refractivity contribution in [3.63, 3.8) is 0 Å². The summed E-state index contributed by atoms with van der Waals surface area (Å²) in [5, 5.41) is 18.6. The molecule has 13 heavy (non-hydrogen) atoms. The van der Waals surface area contributed by atoms with Gasteiger partial charge in [0.15, 0.2) is 5.75 Å². The highest BCUT2D eigenvalue weighted by atomic mass is 35.5. The Hall–Kier alpha value is -0.640. The van der Waals surface area contributed by atoms with E-state index in [4.69, 9.17) is 28.9 Å². The highest BCUT2D eigenvalue weighted by Crippen LogP contribution is 2.40. The fourth-order valence-corrected chi connectivity index (χ4v) is 1.49. The molecule has 0 radical (unpaired) electrons. The fourth-order valence-electron chi connectivity index (χ4n) is 0.994. The lowest BCUT2D eigenvalue weighted by Crippen LogP contribution is -2.03. The van der Waals surface area contributed by atoms with Gasteiger partial charge in [0.25, 0.3) is 0 Å². The van der Waals surface area contributed by atoms with E-state index in [9.17, 15) is 10.2 Å². The maximum absolute atomic E-state index is 9.43. The average Bonchev–Trinajstić information content (AvgIpc) is 2.11. The Morgan fingerprint density at radius 2 is 1.85 bits per heavy atom. The highest BCUT2D eigenvalue weighted by molar-refractivity contribution is 6.38. The van der Waals surface area contributed by atoms with Gasteiger partial charge in [-0.15, -0.1) is 0 Å². The van der Waals surface area contributed by atoms with Crippen molar-refractivity contribution in [1.82, 2.24) is 0 Å². The minimum absolute atomic E-state index is 0.117. The molecule has 0 amide bonds. The largest absolute Gasteiger partial charge is 0.506 e. The zero-order valence-corrected chi connectivity index (χ0v) is 8.23. The van der Waals surface area contributed by atoms with Gasteiger partial charge in [0.2, 0.25) is 0 Å². The van der Waals surface area contributed by atoms with Crippen LogP contribution < -0.4 is 5.73 Å². The van der Waals surface area contributed by atoms with E-state index >= 15 is 0 Å². The van der Waals surface area contributed by atoms with Crippen LogP contribution in [0.2, 0.25) is 10.0 Å². The Morgan fingerprint density at radius 1 is 1.23 bits per heavy atom. The number of aromatic hydroxyl groups is 2. The monoisotopic (exact) mass is 221 g/mol. The molecule has 0 saturated heterocycles. The summed E-state index contributed by atoms with van der Waals surface area (Å²) in [5.74, 6) is -0.462. The Balaban J connectivity index is 3.24. The van der Waals surface area contributed by atoms with Crippen LogP contribution >= 0.6 is 23.2 Å². The van der Waals surface area contributed by atoms with Gasteiger partial charge in [0.05, 0.1) is 5.02 Å². The lowest BCUT2D eigenvalue weighted by atomic mass is 10.1. The second-order valence-corrected chi connectivity index (χ2v) is 3.35. The molecule has 1 rings (SSSR count). The molecule has 0 aromatic heterocycles. The van der Waals surface area contributed by atoms with Gasteiger partial charge in [-0.25, -0.2) is 0 Å². The summed E-state index contributed by atoms with van der Waals surface area (Å²) < 4.78 is 0. The van der Waals surface area contributed by atoms with E-state index < -0.39 is 0 Å². The molecule has 0 aliphatic rings. The predicted molar refractivity (Wildman–Crippen MR) is 52.6 cm³/mol. The van der Waals surface area contributed by atoms with Crippen LogP contribution in [0.15, 0.2) is 6.07 Å². The molecule has 0 bridgehead atoms. The molecular weight excluding hydrogens is 213 g/mol. The summed E-state index contributed by atoms with van der Waals surface area (Å²) in [6, 6.07) is 1.45. The van der Waals surface area contributed by atoms with Gasteiger partial charge >= 0.3 is 0 Å². The summed E-state index contributed by atoms with van der Waals surface area (Å²) in [5.41, 5.74) is 5.85. The number of phenols is 2. The average molecular weight is 222 g/mol. The van der Waals surface area contributed by atoms with E-state index in [0.717, 1.165) is 0 Å². The number of benzene rings is 1. The molecular formula is C8H9Cl2NO2. The number of hydrogen-bond acceptors (Lipinski definition) is 3. The van der Waals surface area contributed by atoms with Gasteiger partial charge in [0, 0.05) is 0 Å². The highest BCUT2D eigenvalue weighted by Gasteiger charge is 2.13. The van der Waals surface area contributed by atoms with Crippen molar-refractivity contribution in [2.45, 2.75) is 6.42 Å². The van der Waals surface area contributed by atoms with Gasteiger partial charge in [0.1, 0.15) is 10.8 Å². The zero-order chi connectivity index (χ0) is 10.0. The van der Waals surface area contributed by atoms with Gasteiger partial charge < -0.3 is 15.9 Å². The molecule has 0 aliphatic carbocycles. The smallest absolute Gasteiger partial charge is 0.156 e. The normalized spacial score (nSPS) is 10.4. The van der Waals surface area contributed by atoms with E-state index in [0.29, 0.717) is 18.5 Å². The van der Waals surface area contributed by atoms with Crippen LogP contribution in [0.3, 0.4) is 0 Å². The first-order valence-electron chi connectivity index (χ1n) is 3.66. The number of halogens is 2. The molecule has 72 valence electrons. The fraction of sp³-hybridized carbons (Fsp3) is 0.250. The summed E-state index contributed by atoms with van der Waals surface area (Å²) in [6.45, 7) is 0.380. The Kier molecular flexibility index (Phi) is 3.25. The number of nitrogens with two attached hydrogens (primary N) is 1. The van der Waals surface area contributed by atoms with Crippen LogP contribution in [0.25, 0.3) is 0 Å². The quantitative estimate of drug-likeness (QED) is 0.715. The molecule has 0 unspecified atom stereocenters. The minimum Gasteiger partial charge on any atom is -0.506 e. The number of rotatable bonds is 2. The predicted octanol–water partition coefficient (Wildman–Crippen LogP) is 1.91. The maximum Gasteiger partial charge on any atom is 0.156 e. The lowest BCUT2D eigenvalue weighted by Gasteiger charge is -2.07. The maximum atomic E-state index is 9.43. The van der Waals surface area contributed by atoms with Crippen molar-refractivity contribution >= 4 is 23.2 Å². The molecule has 0 atom stereocenters. The van der Waals surface area contributed by atoms with E-state index in [2.05, 4.69) is 0 Å². The van der Waals surface area contributed by atoms with Crippen molar-refractivity contribution in [3.05, 3.63) is 21.7 Å². The molecule has 0 saturated carbocycles. The molecule has 5 heteroatoms. The van der Waals surface area contributed by atoms with Gasteiger partial charge in [-0.2, -0.15) is 0 Å². The van der Waals surface area contributed by atoms with Crippen LogP contribution in [0.1, 0.15) is 5.56 Å². The van der Waals surface area contributed by atoms with Crippen LogP contribution in [0, 0.1) is 0 Å². The van der Waals surface area contributed by atoms with Gasteiger partial charge in [-0.05, 0) is 24.6 Å². The lowest BCUT2D eigenvalue weighted by molar-refractivity contribution is 0.446. The number of hydrogen-bond donors (Lipinski definition) is 3. The summed E-state index contributed by atoms with van der Waals surface area (Å²) in [6.07, 6.45) is 0.464. The third kappa shape index (κ3) is 1.99. The van der Waals surface area contributed by atoms with Gasteiger partial charge in [-0.3, -0.25) is 0 Å². The third-order valence-electron chi connectivity index (χ3n) is 1.66. The Labute approximate surface area is 85.7 Å². The van der Waals surface area contributed by atoms with Gasteiger partial charge in [-0.1, -0.05) is 23.2 Å². The first-order chi connectivity index (χ1) is 6.07. The standard InChI is InChI=1S/C8H9Cl2NO2/c9-5-3-4(1-2-11)7(12)6(10)8(5)13/h3,12-13H,1-2,11H2. The first-order valence-corrected chi connectivity index (χ1v) is 4.42. The van der Waals surface area contributed by atoms with Crippen molar-refractivity contribution in [2.24, 2.45) is 5.73 Å². The first kappa shape index (κ1) is 10.4. The topological polar surface area (TPSA) is 66.5 Å². The molecule has 0 heterocycles. The van der Waals surface area contributed by atoms with E-state index in [1.807, 2.05) is 0 Å². The second kappa shape index (κ2) is 4.05. The SMILES string of the molecule is NCCc1cc(Cl)c(O)c(Cl)c1O. The van der Waals surface area contributed by atoms with E-state index in [1.54, 1.807) is 0 Å². The van der Waals surface area contributed by atoms with E-state index in [-0.39, 0.29) is 21.5 Å². The van der Waals surface area contributed by atoms with Crippen LogP contribution in [0.5, 0.6) is 11.5 Å². The zero-order valence-electron chi connectivity index (χ0n) is 6.72. The van der Waals surface area contributed by atoms with Crippen LogP contribution in [0.4, 0.5) is 0 Å². The second-order valence-electron chi connectivity index (χ2n) is 2.57. The van der Waals surface area contributed by atoms with Crippen LogP contribution in [-0.4, -0.2) is 16.8 Å². The van der Waals surface area contributed by atoms with Crippen LogP contribution in [-0.2, 0) is 6.42 Å². The Morgan fingerprint density at radius 3 is 2.38 bits per heavy atom. The molecule has 0 fully saturated rings. The molecule has 0 spiro atoms. The minimum atomic E-state index is -0.304. The van der Waals surface area contributed by atoms with Crippen molar-refractivity contribution < 1.29 is 10.2 Å². The third-order valence-corrected chi connectivity index (χ3v) is 2.31. The summed E-state index contributed by atoms with van der Waals surface area (Å²) >= 11 is 11.2.